The standard InChI is InChI=1S/C86H70B2N8/c1-54-15-32-63(33-16-54)91(64-34-17-55(2)18-35-64)71-50-78-82-79(51-71)95(69-44-27-60(7)28-45-69)84-74(87(82)72-13-11-10-12-14-76(72)93(78)67-40-23-58(5)24-41-67)52-75-85(90-84)96(70-46-29-61(8)30-47-70)80-53-81(92(65-36-19-56(3)20-37-65)66-38-21-57(4)22-39-66)89-86-83(80)88(75)73-49-62(9)31-48-77(73)94(86)68-42-25-59(6)26-43-68/h12,14-53H,13H2,1-9H3. The molecule has 0 fully saturated rings. The van der Waals surface area contributed by atoms with Crippen LogP contribution in [0.5, 0.6) is 0 Å². The van der Waals surface area contributed by atoms with Crippen LogP contribution < -0.4 is 56.7 Å². The molecule has 17 rings (SSSR count). The highest BCUT2D eigenvalue weighted by Gasteiger charge is 2.50. The molecule has 0 saturated carbocycles. The quantitative estimate of drug-likeness (QED) is 0.0992. The highest BCUT2D eigenvalue weighted by Crippen LogP contribution is 2.52. The van der Waals surface area contributed by atoms with E-state index in [2.05, 4.69) is 352 Å². The maximum absolute atomic E-state index is 6.47. The molecule has 8 nitrogen and oxygen atoms in total. The van der Waals surface area contributed by atoms with Crippen molar-refractivity contribution in [2.24, 2.45) is 0 Å². The Bertz CT molecular complexity index is 5150. The van der Waals surface area contributed by atoms with Gasteiger partial charge in [-0.1, -0.05) is 183 Å². The van der Waals surface area contributed by atoms with Crippen molar-refractivity contribution in [3.05, 3.63) is 310 Å². The number of nitrogens with zero attached hydrogens (tertiary/aromatic N) is 8. The molecule has 6 heterocycles. The Morgan fingerprint density at radius 3 is 1.18 bits per heavy atom. The fourth-order valence-corrected chi connectivity index (χ4v) is 15.0. The van der Waals surface area contributed by atoms with Crippen LogP contribution in [0.1, 0.15) is 56.5 Å². The molecule has 0 N–H and O–H groups in total. The molecule has 1 aliphatic carbocycles. The van der Waals surface area contributed by atoms with Gasteiger partial charge in [-0.2, -0.15) is 0 Å². The zero-order chi connectivity index (χ0) is 65.2. The Kier molecular flexibility index (Phi) is 13.9. The first-order chi connectivity index (χ1) is 46.8. The monoisotopic (exact) mass is 1240 g/mol. The van der Waals surface area contributed by atoms with Crippen molar-refractivity contribution in [2.75, 3.05) is 29.4 Å². The Morgan fingerprint density at radius 2 is 0.708 bits per heavy atom. The van der Waals surface area contributed by atoms with Crippen molar-refractivity contribution < 1.29 is 0 Å². The van der Waals surface area contributed by atoms with Crippen LogP contribution in [0.2, 0.25) is 0 Å². The van der Waals surface area contributed by atoms with Crippen LogP contribution in [-0.4, -0.2) is 23.4 Å². The minimum absolute atomic E-state index is 0.268. The lowest BCUT2D eigenvalue weighted by Gasteiger charge is -2.47. The van der Waals surface area contributed by atoms with Gasteiger partial charge in [-0.3, -0.25) is 19.6 Å². The van der Waals surface area contributed by atoms with Gasteiger partial charge in [0.2, 0.25) is 0 Å². The Hall–Kier alpha value is -11.5. The number of rotatable bonds is 10. The molecule has 4 aliphatic heterocycles. The maximum Gasteiger partial charge on any atom is 0.256 e. The molecule has 460 valence electrons. The van der Waals surface area contributed by atoms with Crippen LogP contribution in [0.3, 0.4) is 0 Å². The van der Waals surface area contributed by atoms with Crippen molar-refractivity contribution in [2.45, 2.75) is 68.7 Å². The third kappa shape index (κ3) is 9.71. The maximum atomic E-state index is 6.47. The first-order valence-corrected chi connectivity index (χ1v) is 33.4. The van der Waals surface area contributed by atoms with Gasteiger partial charge in [-0.05, 0) is 217 Å². The molecule has 2 aromatic heterocycles. The van der Waals surface area contributed by atoms with E-state index in [-0.39, 0.29) is 13.4 Å². The van der Waals surface area contributed by atoms with Crippen molar-refractivity contribution in [1.29, 1.82) is 0 Å². The molecule has 96 heavy (non-hydrogen) atoms. The molecule has 5 aliphatic rings. The van der Waals surface area contributed by atoms with Gasteiger partial charge in [0.15, 0.2) is 0 Å². The van der Waals surface area contributed by atoms with E-state index < -0.39 is 0 Å². The van der Waals surface area contributed by atoms with Gasteiger partial charge in [-0.15, -0.1) is 0 Å². The summed E-state index contributed by atoms with van der Waals surface area (Å²) in [6.07, 6.45) is 4.87. The van der Waals surface area contributed by atoms with E-state index in [0.717, 1.165) is 119 Å². The highest BCUT2D eigenvalue weighted by atomic mass is 15.3. The minimum atomic E-state index is -0.307. The molecular weight excluding hydrogens is 1170 g/mol. The molecule has 0 spiro atoms. The SMILES string of the molecule is Cc1ccc(N2C3=C(CC#CC=C3)B3c4cc5c(nc4N(c4ccc(C)cc4)c4cc(N(c6ccc(C)cc6)c6ccc(C)cc6)cc2c43)N(c2ccc(C)cc2)c2cc(N(c3ccc(C)cc3)c3ccc(C)cc3)nc3c2B5c2cc(C)ccc2N3c2ccc(C)cc2)cc1. The van der Waals surface area contributed by atoms with Crippen LogP contribution in [0.15, 0.2) is 260 Å². The Labute approximate surface area is 564 Å². The average molecular weight is 1240 g/mol. The number of pyridine rings is 2. The van der Waals surface area contributed by atoms with E-state index in [9.17, 15) is 0 Å². The number of fused-ring (bicyclic) bond motifs is 7. The number of allylic oxidation sites excluding steroid dienone is 3. The molecule has 0 atom stereocenters. The summed E-state index contributed by atoms with van der Waals surface area (Å²) >= 11 is 0. The fourth-order valence-electron chi connectivity index (χ4n) is 15.0. The lowest BCUT2D eigenvalue weighted by atomic mass is 9.30. The number of hydrogen-bond donors (Lipinski definition) is 0. The molecule has 0 unspecified atom stereocenters. The van der Waals surface area contributed by atoms with E-state index in [1.807, 2.05) is 0 Å². The third-order valence-corrected chi connectivity index (χ3v) is 19.9. The van der Waals surface area contributed by atoms with E-state index in [1.54, 1.807) is 0 Å². The van der Waals surface area contributed by atoms with Crippen LogP contribution in [0.4, 0.5) is 97.2 Å². The second kappa shape index (κ2) is 22.9. The van der Waals surface area contributed by atoms with Crippen LogP contribution in [0, 0.1) is 74.2 Å². The van der Waals surface area contributed by atoms with Gasteiger partial charge >= 0.3 is 0 Å². The zero-order valence-electron chi connectivity index (χ0n) is 55.6. The average Bonchev–Trinajstić information content (AvgIpc) is 0.864. The minimum Gasteiger partial charge on any atom is -0.312 e. The van der Waals surface area contributed by atoms with E-state index in [4.69, 9.17) is 9.97 Å². The lowest BCUT2D eigenvalue weighted by Crippen LogP contribution is -2.64. The van der Waals surface area contributed by atoms with E-state index in [1.165, 1.54) is 66.5 Å². The largest absolute Gasteiger partial charge is 0.312 e. The van der Waals surface area contributed by atoms with Crippen LogP contribution in [0.25, 0.3) is 0 Å². The molecule has 10 aromatic carbocycles. The summed E-state index contributed by atoms with van der Waals surface area (Å²) in [6.45, 7) is 18.9. The van der Waals surface area contributed by atoms with Crippen molar-refractivity contribution in [1.82, 2.24) is 9.97 Å². The number of aromatic nitrogens is 2. The van der Waals surface area contributed by atoms with E-state index in [0.29, 0.717) is 6.42 Å². The Morgan fingerprint density at radius 1 is 0.323 bits per heavy atom. The van der Waals surface area contributed by atoms with Crippen molar-refractivity contribution in [3.63, 3.8) is 0 Å². The molecular formula is C86H70B2N8. The molecule has 0 saturated heterocycles. The van der Waals surface area contributed by atoms with Crippen LogP contribution >= 0.6 is 0 Å². The van der Waals surface area contributed by atoms with Gasteiger partial charge < -0.3 is 9.80 Å². The number of anilines is 17. The highest BCUT2D eigenvalue weighted by molar-refractivity contribution is 7.01. The summed E-state index contributed by atoms with van der Waals surface area (Å²) in [5, 5.41) is 0. The van der Waals surface area contributed by atoms with Crippen molar-refractivity contribution in [3.8, 4) is 11.8 Å². The zero-order valence-corrected chi connectivity index (χ0v) is 55.6. The van der Waals surface area contributed by atoms with Crippen molar-refractivity contribution >= 4 is 138 Å². The predicted octanol–water partition coefficient (Wildman–Crippen LogP) is 18.6. The topological polar surface area (TPSA) is 45.2 Å². The molecule has 12 aromatic rings. The predicted molar refractivity (Wildman–Crippen MR) is 405 cm³/mol. The molecule has 0 amide bonds. The number of aryl methyl sites for hydroxylation is 9. The summed E-state index contributed by atoms with van der Waals surface area (Å²) in [5.41, 5.74) is 32.3. The summed E-state index contributed by atoms with van der Waals surface area (Å²) in [4.78, 5) is 27.2. The number of hydrogen-bond acceptors (Lipinski definition) is 8. The van der Waals surface area contributed by atoms with Gasteiger partial charge in [0, 0.05) is 80.7 Å². The molecule has 0 radical (unpaired) electrons. The molecule has 10 heteroatoms. The van der Waals surface area contributed by atoms with Gasteiger partial charge in [0.1, 0.15) is 23.3 Å². The van der Waals surface area contributed by atoms with E-state index >= 15 is 0 Å². The fraction of sp³-hybridized carbons (Fsp3) is 0.116. The normalized spacial score (nSPS) is 13.6. The first kappa shape index (κ1) is 58.3. The summed E-state index contributed by atoms with van der Waals surface area (Å²) in [7, 11) is 0. The second-order valence-corrected chi connectivity index (χ2v) is 26.8. The Balaban J connectivity index is 1.01. The second-order valence-electron chi connectivity index (χ2n) is 26.8. The summed E-state index contributed by atoms with van der Waals surface area (Å²) in [6, 6.07) is 88.4. The van der Waals surface area contributed by atoms with Gasteiger partial charge in [0.25, 0.3) is 13.4 Å². The first-order valence-electron chi connectivity index (χ1n) is 33.4. The number of benzene rings is 10. The summed E-state index contributed by atoms with van der Waals surface area (Å²) in [5.74, 6) is 10.5. The summed E-state index contributed by atoms with van der Waals surface area (Å²) < 4.78 is 0. The smallest absolute Gasteiger partial charge is 0.256 e. The van der Waals surface area contributed by atoms with Gasteiger partial charge in [0.05, 0.1) is 11.4 Å². The molecule has 0 bridgehead atoms. The third-order valence-electron chi connectivity index (χ3n) is 19.9. The van der Waals surface area contributed by atoms with Gasteiger partial charge in [-0.25, -0.2) is 9.97 Å². The van der Waals surface area contributed by atoms with Crippen LogP contribution in [-0.2, 0) is 0 Å². The lowest BCUT2D eigenvalue weighted by molar-refractivity contribution is 1.10.